The molecule has 4 rings (SSSR count). The molecular weight excluding hydrogens is 348 g/mol. The van der Waals surface area contributed by atoms with Crippen LogP contribution in [0.3, 0.4) is 0 Å². The third-order valence-corrected chi connectivity index (χ3v) is 6.06. The van der Waals surface area contributed by atoms with E-state index in [2.05, 4.69) is 35.3 Å². The molecule has 2 aromatic carbocycles. The summed E-state index contributed by atoms with van der Waals surface area (Å²) in [5.74, 6) is 0.800. The van der Waals surface area contributed by atoms with Gasteiger partial charge >= 0.3 is 5.69 Å². The first-order valence-electron chi connectivity index (χ1n) is 10.0. The summed E-state index contributed by atoms with van der Waals surface area (Å²) in [6.07, 6.45) is 4.69. The zero-order valence-electron chi connectivity index (χ0n) is 16.2. The van der Waals surface area contributed by atoms with Crippen LogP contribution in [0.4, 0.5) is 0 Å². The van der Waals surface area contributed by atoms with Crippen LogP contribution >= 0.6 is 0 Å². The third-order valence-electron chi connectivity index (χ3n) is 6.06. The minimum absolute atomic E-state index is 0.173. The van der Waals surface area contributed by atoms with Crippen molar-refractivity contribution in [3.8, 4) is 0 Å². The second-order valence-electron chi connectivity index (χ2n) is 7.81. The van der Waals surface area contributed by atoms with E-state index in [1.165, 1.54) is 10.1 Å². The van der Waals surface area contributed by atoms with Crippen LogP contribution in [-0.2, 0) is 13.5 Å². The van der Waals surface area contributed by atoms with Crippen molar-refractivity contribution in [2.24, 2.45) is 7.05 Å². The number of nitrogens with zero attached hydrogens (tertiary/aromatic N) is 1. The summed E-state index contributed by atoms with van der Waals surface area (Å²) in [7, 11) is 1.55. The quantitative estimate of drug-likeness (QED) is 0.747. The summed E-state index contributed by atoms with van der Waals surface area (Å²) in [6.45, 7) is 0. The number of rotatable bonds is 4. The lowest BCUT2D eigenvalue weighted by molar-refractivity contribution is 0.387. The highest BCUT2D eigenvalue weighted by Gasteiger charge is 2.27. The summed E-state index contributed by atoms with van der Waals surface area (Å²) in [6, 6.07) is 20.6. The molecular formula is C24H26N2O2. The average molecular weight is 374 g/mol. The van der Waals surface area contributed by atoms with Crippen molar-refractivity contribution < 1.29 is 0 Å². The lowest BCUT2D eigenvalue weighted by Crippen LogP contribution is -2.37. The average Bonchev–Trinajstić information content (AvgIpc) is 2.75. The minimum atomic E-state index is -0.318. The van der Waals surface area contributed by atoms with Gasteiger partial charge in [-0.15, -0.1) is 0 Å². The van der Waals surface area contributed by atoms with Crippen molar-refractivity contribution in [2.45, 2.75) is 43.9 Å². The predicted octanol–water partition coefficient (Wildman–Crippen LogP) is 4.11. The second kappa shape index (κ2) is 8.01. The van der Waals surface area contributed by atoms with Gasteiger partial charge < -0.3 is 4.98 Å². The minimum Gasteiger partial charge on any atom is -0.310 e. The molecule has 1 saturated carbocycles. The van der Waals surface area contributed by atoms with E-state index in [1.54, 1.807) is 7.05 Å². The van der Waals surface area contributed by atoms with Gasteiger partial charge in [0.25, 0.3) is 5.56 Å². The molecule has 4 nitrogen and oxygen atoms in total. The van der Waals surface area contributed by atoms with Crippen LogP contribution in [-0.4, -0.2) is 9.55 Å². The predicted molar refractivity (Wildman–Crippen MR) is 112 cm³/mol. The van der Waals surface area contributed by atoms with E-state index in [9.17, 15) is 9.59 Å². The SMILES string of the molecule is Cn1c(=O)[nH]c(C2CCC(c3ccccc3)CC2)c(Cc2ccccc2)c1=O. The molecule has 1 aliphatic carbocycles. The van der Waals surface area contributed by atoms with Crippen molar-refractivity contribution >= 4 is 0 Å². The largest absolute Gasteiger partial charge is 0.328 e. The fourth-order valence-electron chi connectivity index (χ4n) is 4.44. The van der Waals surface area contributed by atoms with Gasteiger partial charge in [-0.05, 0) is 48.6 Å². The molecule has 0 unspecified atom stereocenters. The number of aromatic nitrogens is 2. The van der Waals surface area contributed by atoms with E-state index < -0.39 is 0 Å². The molecule has 4 heteroatoms. The van der Waals surface area contributed by atoms with Gasteiger partial charge in [0, 0.05) is 24.7 Å². The smallest absolute Gasteiger partial charge is 0.310 e. The van der Waals surface area contributed by atoms with Crippen molar-refractivity contribution in [1.29, 1.82) is 0 Å². The molecule has 3 aromatic rings. The maximum absolute atomic E-state index is 12.9. The zero-order chi connectivity index (χ0) is 19.5. The molecule has 28 heavy (non-hydrogen) atoms. The van der Waals surface area contributed by atoms with Crippen molar-refractivity contribution in [1.82, 2.24) is 9.55 Å². The molecule has 1 fully saturated rings. The molecule has 1 N–H and O–H groups in total. The van der Waals surface area contributed by atoms with Crippen LogP contribution in [0.1, 0.15) is 59.9 Å². The van der Waals surface area contributed by atoms with Gasteiger partial charge in [-0.25, -0.2) is 4.79 Å². The van der Waals surface area contributed by atoms with Crippen LogP contribution in [0.25, 0.3) is 0 Å². The Morgan fingerprint density at radius 2 is 1.43 bits per heavy atom. The molecule has 0 aliphatic heterocycles. The Balaban J connectivity index is 1.62. The van der Waals surface area contributed by atoms with Gasteiger partial charge in [0.15, 0.2) is 0 Å². The lowest BCUT2D eigenvalue weighted by atomic mass is 9.76. The summed E-state index contributed by atoms with van der Waals surface area (Å²) >= 11 is 0. The fraction of sp³-hybridized carbons (Fsp3) is 0.333. The van der Waals surface area contributed by atoms with Crippen molar-refractivity contribution in [3.05, 3.63) is 104 Å². The Morgan fingerprint density at radius 1 is 0.857 bits per heavy atom. The van der Waals surface area contributed by atoms with Crippen molar-refractivity contribution in [3.63, 3.8) is 0 Å². The van der Waals surface area contributed by atoms with Gasteiger partial charge in [0.05, 0.1) is 0 Å². The summed E-state index contributed by atoms with van der Waals surface area (Å²) < 4.78 is 1.19. The molecule has 0 bridgehead atoms. The van der Waals surface area contributed by atoms with Gasteiger partial charge in [-0.1, -0.05) is 60.7 Å². The molecule has 1 aliphatic rings. The maximum Gasteiger partial charge on any atom is 0.328 e. The fourth-order valence-corrected chi connectivity index (χ4v) is 4.44. The molecule has 0 saturated heterocycles. The molecule has 0 spiro atoms. The van der Waals surface area contributed by atoms with Crippen molar-refractivity contribution in [2.75, 3.05) is 0 Å². The Kier molecular flexibility index (Phi) is 5.29. The molecule has 1 heterocycles. The van der Waals surface area contributed by atoms with E-state index in [4.69, 9.17) is 0 Å². The molecule has 144 valence electrons. The Bertz CT molecular complexity index is 1040. The third kappa shape index (κ3) is 3.72. The first kappa shape index (κ1) is 18.5. The van der Waals surface area contributed by atoms with Crippen LogP contribution in [0.5, 0.6) is 0 Å². The van der Waals surface area contributed by atoms with Crippen LogP contribution < -0.4 is 11.2 Å². The number of hydrogen-bond acceptors (Lipinski definition) is 2. The van der Waals surface area contributed by atoms with Gasteiger partial charge in [-0.3, -0.25) is 9.36 Å². The van der Waals surface area contributed by atoms with Crippen LogP contribution in [0.15, 0.2) is 70.3 Å². The summed E-state index contributed by atoms with van der Waals surface area (Å²) in [4.78, 5) is 28.2. The molecule has 0 atom stereocenters. The standard InChI is InChI=1S/C24H26N2O2/c1-26-23(27)21(16-17-8-4-2-5-9-17)22(25-24(26)28)20-14-12-19(13-15-20)18-10-6-3-7-11-18/h2-11,19-20H,12-16H2,1H3,(H,25,28). The van der Waals surface area contributed by atoms with Gasteiger partial charge in [0.2, 0.25) is 0 Å². The van der Waals surface area contributed by atoms with Gasteiger partial charge in [-0.2, -0.15) is 0 Å². The van der Waals surface area contributed by atoms with Crippen LogP contribution in [0, 0.1) is 0 Å². The summed E-state index contributed by atoms with van der Waals surface area (Å²) in [5.41, 5.74) is 3.57. The molecule has 0 radical (unpaired) electrons. The Morgan fingerprint density at radius 3 is 2.07 bits per heavy atom. The first-order valence-corrected chi connectivity index (χ1v) is 10.0. The van der Waals surface area contributed by atoms with E-state index in [-0.39, 0.29) is 17.2 Å². The number of benzene rings is 2. The molecule has 0 amide bonds. The van der Waals surface area contributed by atoms with E-state index in [0.717, 1.165) is 42.5 Å². The van der Waals surface area contributed by atoms with Crippen LogP contribution in [0.2, 0.25) is 0 Å². The molecule has 1 aromatic heterocycles. The highest BCUT2D eigenvalue weighted by atomic mass is 16.2. The highest BCUT2D eigenvalue weighted by molar-refractivity contribution is 5.30. The number of aromatic amines is 1. The normalized spacial score (nSPS) is 19.5. The Hall–Kier alpha value is -2.88. The number of hydrogen-bond donors (Lipinski definition) is 1. The van der Waals surface area contributed by atoms with E-state index in [0.29, 0.717) is 12.3 Å². The summed E-state index contributed by atoms with van der Waals surface area (Å²) in [5, 5.41) is 0. The zero-order valence-corrected chi connectivity index (χ0v) is 16.2. The number of H-pyrrole nitrogens is 1. The Labute approximate surface area is 164 Å². The van der Waals surface area contributed by atoms with Gasteiger partial charge in [0.1, 0.15) is 0 Å². The monoisotopic (exact) mass is 374 g/mol. The second-order valence-corrected chi connectivity index (χ2v) is 7.81. The maximum atomic E-state index is 12.9. The first-order chi connectivity index (χ1) is 13.6. The number of nitrogens with one attached hydrogen (secondary N) is 1. The van der Waals surface area contributed by atoms with E-state index >= 15 is 0 Å². The highest BCUT2D eigenvalue weighted by Crippen LogP contribution is 2.40. The lowest BCUT2D eigenvalue weighted by Gasteiger charge is -2.30. The topological polar surface area (TPSA) is 54.9 Å². The van der Waals surface area contributed by atoms with E-state index in [1.807, 2.05) is 30.3 Å².